The molecule has 0 radical (unpaired) electrons. The lowest BCUT2D eigenvalue weighted by molar-refractivity contribution is 0.556. The van der Waals surface area contributed by atoms with Gasteiger partial charge in [0.2, 0.25) is 6.08 Å². The molecule has 4 heteroatoms. The number of carbonyl (C=O) groups excluding carboxylic acids is 1. The van der Waals surface area contributed by atoms with Crippen LogP contribution in [-0.2, 0) is 10.3 Å². The normalized spacial score (nSPS) is 16.9. The molecular formula is C11H10BrNOS. The SMILES string of the molecule is CSc1cc(Br)cc(C2(N=C=O)CC2)c1. The standard InChI is InChI=1S/C11H10BrNOS/c1-15-10-5-8(4-9(12)6-10)11(2-3-11)13-7-14/h4-6H,2-3H2,1H3. The topological polar surface area (TPSA) is 29.4 Å². The van der Waals surface area contributed by atoms with Gasteiger partial charge >= 0.3 is 0 Å². The summed E-state index contributed by atoms with van der Waals surface area (Å²) in [5.74, 6) is 0. The van der Waals surface area contributed by atoms with E-state index in [1.165, 1.54) is 4.90 Å². The van der Waals surface area contributed by atoms with Crippen molar-refractivity contribution in [2.45, 2.75) is 23.3 Å². The molecule has 78 valence electrons. The van der Waals surface area contributed by atoms with Crippen LogP contribution in [0.25, 0.3) is 0 Å². The van der Waals surface area contributed by atoms with Crippen LogP contribution in [0.3, 0.4) is 0 Å². The number of thioether (sulfide) groups is 1. The van der Waals surface area contributed by atoms with Crippen molar-refractivity contribution in [2.75, 3.05) is 6.26 Å². The fourth-order valence-electron chi connectivity index (χ4n) is 1.62. The zero-order valence-corrected chi connectivity index (χ0v) is 10.7. The molecule has 0 saturated heterocycles. The Bertz CT molecular complexity index is 436. The minimum Gasteiger partial charge on any atom is -0.211 e. The number of nitrogens with zero attached hydrogens (tertiary/aromatic N) is 1. The van der Waals surface area contributed by atoms with Crippen LogP contribution >= 0.6 is 27.7 Å². The van der Waals surface area contributed by atoms with Crippen molar-refractivity contribution in [1.82, 2.24) is 0 Å². The first kappa shape index (κ1) is 10.9. The Hall–Kier alpha value is -0.570. The molecule has 2 nitrogen and oxygen atoms in total. The summed E-state index contributed by atoms with van der Waals surface area (Å²) in [5, 5.41) is 0. The molecule has 0 unspecified atom stereocenters. The molecule has 0 amide bonds. The van der Waals surface area contributed by atoms with Crippen LogP contribution in [0, 0.1) is 0 Å². The summed E-state index contributed by atoms with van der Waals surface area (Å²) in [6, 6.07) is 6.20. The summed E-state index contributed by atoms with van der Waals surface area (Å²) >= 11 is 5.16. The van der Waals surface area contributed by atoms with Gasteiger partial charge in [-0.2, -0.15) is 4.99 Å². The minimum atomic E-state index is -0.268. The Kier molecular flexibility index (Phi) is 3.01. The predicted octanol–water partition coefficient (Wildman–Crippen LogP) is 3.50. The zero-order chi connectivity index (χ0) is 10.9. The van der Waals surface area contributed by atoms with E-state index >= 15 is 0 Å². The largest absolute Gasteiger partial charge is 0.235 e. The summed E-state index contributed by atoms with van der Waals surface area (Å²) < 4.78 is 1.04. The Morgan fingerprint density at radius 3 is 2.73 bits per heavy atom. The molecule has 1 aromatic carbocycles. The summed E-state index contributed by atoms with van der Waals surface area (Å²) in [7, 11) is 0. The predicted molar refractivity (Wildman–Crippen MR) is 65.0 cm³/mol. The van der Waals surface area contributed by atoms with E-state index in [1.807, 2.05) is 12.3 Å². The van der Waals surface area contributed by atoms with Gasteiger partial charge in [0.1, 0.15) is 0 Å². The number of halogens is 1. The first-order valence-electron chi connectivity index (χ1n) is 4.64. The monoisotopic (exact) mass is 283 g/mol. The third-order valence-corrected chi connectivity index (χ3v) is 3.79. The van der Waals surface area contributed by atoms with E-state index < -0.39 is 0 Å². The van der Waals surface area contributed by atoms with Crippen LogP contribution in [0.15, 0.2) is 32.6 Å². The van der Waals surface area contributed by atoms with Crippen LogP contribution < -0.4 is 0 Å². The molecule has 0 spiro atoms. The van der Waals surface area contributed by atoms with Crippen LogP contribution in [0.2, 0.25) is 0 Å². The quantitative estimate of drug-likeness (QED) is 0.483. The molecule has 1 aliphatic rings. The van der Waals surface area contributed by atoms with Gasteiger partial charge < -0.3 is 0 Å². The molecule has 1 fully saturated rings. The zero-order valence-electron chi connectivity index (χ0n) is 8.29. The molecule has 2 rings (SSSR count). The average molecular weight is 284 g/mol. The van der Waals surface area contributed by atoms with Crippen molar-refractivity contribution >= 4 is 33.8 Å². The lowest BCUT2D eigenvalue weighted by Gasteiger charge is -2.10. The highest BCUT2D eigenvalue weighted by Crippen LogP contribution is 2.50. The third-order valence-electron chi connectivity index (χ3n) is 2.63. The Morgan fingerprint density at radius 1 is 1.47 bits per heavy atom. The highest BCUT2D eigenvalue weighted by atomic mass is 79.9. The Labute approximate surface area is 101 Å². The second kappa shape index (κ2) is 4.12. The van der Waals surface area contributed by atoms with Gasteiger partial charge in [-0.3, -0.25) is 0 Å². The van der Waals surface area contributed by atoms with Gasteiger partial charge in [-0.25, -0.2) is 4.79 Å². The van der Waals surface area contributed by atoms with Crippen molar-refractivity contribution < 1.29 is 4.79 Å². The van der Waals surface area contributed by atoms with Crippen LogP contribution in [-0.4, -0.2) is 12.3 Å². The molecule has 15 heavy (non-hydrogen) atoms. The average Bonchev–Trinajstić information content (AvgIpc) is 2.98. The Morgan fingerprint density at radius 2 is 2.20 bits per heavy atom. The number of isocyanates is 1. The summed E-state index contributed by atoms with van der Waals surface area (Å²) in [6.45, 7) is 0. The highest BCUT2D eigenvalue weighted by molar-refractivity contribution is 9.10. The smallest absolute Gasteiger partial charge is 0.211 e. The van der Waals surface area contributed by atoms with Gasteiger partial charge in [0.15, 0.2) is 0 Å². The van der Waals surface area contributed by atoms with E-state index in [0.29, 0.717) is 0 Å². The highest BCUT2D eigenvalue weighted by Gasteiger charge is 2.45. The van der Waals surface area contributed by atoms with Crippen molar-refractivity contribution in [1.29, 1.82) is 0 Å². The molecule has 0 heterocycles. The van der Waals surface area contributed by atoms with Crippen LogP contribution in [0.4, 0.5) is 0 Å². The molecule has 0 bridgehead atoms. The molecule has 0 aromatic heterocycles. The van der Waals surface area contributed by atoms with Crippen molar-refractivity contribution in [3.8, 4) is 0 Å². The second-order valence-electron chi connectivity index (χ2n) is 3.61. The van der Waals surface area contributed by atoms with E-state index in [2.05, 4.69) is 33.1 Å². The maximum atomic E-state index is 10.4. The number of rotatable bonds is 3. The van der Waals surface area contributed by atoms with E-state index in [9.17, 15) is 4.79 Å². The third kappa shape index (κ3) is 2.17. The van der Waals surface area contributed by atoms with Crippen LogP contribution in [0.5, 0.6) is 0 Å². The number of benzene rings is 1. The van der Waals surface area contributed by atoms with Gasteiger partial charge in [0.05, 0.1) is 5.54 Å². The van der Waals surface area contributed by atoms with E-state index in [-0.39, 0.29) is 5.54 Å². The lowest BCUT2D eigenvalue weighted by Crippen LogP contribution is -2.02. The summed E-state index contributed by atoms with van der Waals surface area (Å²) in [6.07, 6.45) is 5.62. The maximum absolute atomic E-state index is 10.4. The lowest BCUT2D eigenvalue weighted by atomic mass is 10.1. The fraction of sp³-hybridized carbons (Fsp3) is 0.364. The summed E-state index contributed by atoms with van der Waals surface area (Å²) in [4.78, 5) is 15.5. The van der Waals surface area contributed by atoms with E-state index in [0.717, 1.165) is 22.9 Å². The number of aliphatic imine (C=N–C) groups is 1. The van der Waals surface area contributed by atoms with Gasteiger partial charge in [0, 0.05) is 9.37 Å². The molecule has 0 aliphatic heterocycles. The number of hydrogen-bond acceptors (Lipinski definition) is 3. The molecule has 0 N–H and O–H groups in total. The van der Waals surface area contributed by atoms with Crippen LogP contribution in [0.1, 0.15) is 18.4 Å². The Balaban J connectivity index is 2.44. The van der Waals surface area contributed by atoms with Crippen molar-refractivity contribution in [3.63, 3.8) is 0 Å². The maximum Gasteiger partial charge on any atom is 0.235 e. The van der Waals surface area contributed by atoms with Gasteiger partial charge in [-0.15, -0.1) is 11.8 Å². The molecule has 1 saturated carbocycles. The minimum absolute atomic E-state index is 0.268. The van der Waals surface area contributed by atoms with Crippen molar-refractivity contribution in [2.24, 2.45) is 4.99 Å². The van der Waals surface area contributed by atoms with E-state index in [1.54, 1.807) is 17.8 Å². The van der Waals surface area contributed by atoms with Gasteiger partial charge in [-0.05, 0) is 42.9 Å². The number of hydrogen-bond donors (Lipinski definition) is 0. The summed E-state index contributed by atoms with van der Waals surface area (Å²) in [5.41, 5.74) is 0.848. The van der Waals surface area contributed by atoms with Gasteiger partial charge in [0.25, 0.3) is 0 Å². The van der Waals surface area contributed by atoms with E-state index in [4.69, 9.17) is 0 Å². The molecule has 1 aliphatic carbocycles. The molecular weight excluding hydrogens is 274 g/mol. The molecule has 1 aromatic rings. The first-order valence-corrected chi connectivity index (χ1v) is 6.66. The molecule has 0 atom stereocenters. The second-order valence-corrected chi connectivity index (χ2v) is 5.41. The van der Waals surface area contributed by atoms with Crippen molar-refractivity contribution in [3.05, 3.63) is 28.2 Å². The van der Waals surface area contributed by atoms with Gasteiger partial charge in [-0.1, -0.05) is 15.9 Å². The fourth-order valence-corrected chi connectivity index (χ4v) is 2.75. The first-order chi connectivity index (χ1) is 7.20.